The van der Waals surface area contributed by atoms with Crippen LogP contribution in [-0.4, -0.2) is 50.4 Å². The second-order valence-corrected chi connectivity index (χ2v) is 5.39. The first-order chi connectivity index (χ1) is 7.74. The molecular weight excluding hydrogens is 214 g/mol. The number of aliphatic imine (C=N–C) groups is 1. The molecule has 4 heteroatoms. The third kappa shape index (κ3) is 9.87. The largest absolute Gasteiger partial charge is 0.474 e. The van der Waals surface area contributed by atoms with Crippen molar-refractivity contribution in [3.63, 3.8) is 0 Å². The molecule has 100 valence electrons. The van der Waals surface area contributed by atoms with Gasteiger partial charge in [-0.25, -0.2) is 0 Å². The van der Waals surface area contributed by atoms with Crippen LogP contribution in [-0.2, 0) is 4.74 Å². The molecule has 0 aliphatic rings. The molecule has 0 spiro atoms. The molecule has 0 amide bonds. The molecule has 17 heavy (non-hydrogen) atoms. The SMILES string of the molecule is C=C(NC(C=NC)CCN(C)C)OC(C)(C)C. The third-order valence-corrected chi connectivity index (χ3v) is 1.99. The summed E-state index contributed by atoms with van der Waals surface area (Å²) in [6, 6.07) is 0.164. The van der Waals surface area contributed by atoms with Crippen LogP contribution in [0.5, 0.6) is 0 Å². The van der Waals surface area contributed by atoms with Crippen LogP contribution >= 0.6 is 0 Å². The van der Waals surface area contributed by atoms with E-state index in [9.17, 15) is 0 Å². The lowest BCUT2D eigenvalue weighted by atomic mass is 10.2. The first kappa shape index (κ1) is 16.0. The van der Waals surface area contributed by atoms with Gasteiger partial charge in [-0.15, -0.1) is 0 Å². The van der Waals surface area contributed by atoms with Crippen LogP contribution < -0.4 is 5.32 Å². The summed E-state index contributed by atoms with van der Waals surface area (Å²) in [4.78, 5) is 6.21. The number of hydrogen-bond donors (Lipinski definition) is 1. The molecule has 0 aromatic heterocycles. The molecule has 0 rings (SSSR count). The van der Waals surface area contributed by atoms with Gasteiger partial charge in [-0.3, -0.25) is 4.99 Å². The fourth-order valence-corrected chi connectivity index (χ4v) is 1.37. The van der Waals surface area contributed by atoms with Crippen molar-refractivity contribution in [1.29, 1.82) is 0 Å². The molecule has 0 saturated heterocycles. The van der Waals surface area contributed by atoms with Crippen LogP contribution in [0.1, 0.15) is 27.2 Å². The molecule has 0 aliphatic heterocycles. The first-order valence-electron chi connectivity index (χ1n) is 5.96. The van der Waals surface area contributed by atoms with E-state index in [0.717, 1.165) is 13.0 Å². The molecule has 0 heterocycles. The molecule has 0 fully saturated rings. The van der Waals surface area contributed by atoms with Crippen LogP contribution in [0.2, 0.25) is 0 Å². The van der Waals surface area contributed by atoms with Crippen molar-refractivity contribution in [2.75, 3.05) is 27.7 Å². The van der Waals surface area contributed by atoms with Gasteiger partial charge in [-0.1, -0.05) is 0 Å². The highest BCUT2D eigenvalue weighted by atomic mass is 16.5. The second kappa shape index (κ2) is 7.33. The topological polar surface area (TPSA) is 36.9 Å². The Kier molecular flexibility index (Phi) is 6.88. The number of hydrogen-bond acceptors (Lipinski definition) is 4. The summed E-state index contributed by atoms with van der Waals surface area (Å²) in [5.41, 5.74) is -0.223. The summed E-state index contributed by atoms with van der Waals surface area (Å²) in [6.07, 6.45) is 2.86. The molecular formula is C13H27N3O. The molecule has 0 saturated carbocycles. The van der Waals surface area contributed by atoms with Crippen molar-refractivity contribution < 1.29 is 4.74 Å². The minimum Gasteiger partial charge on any atom is -0.474 e. The fraction of sp³-hybridized carbons (Fsp3) is 0.769. The minimum absolute atomic E-state index is 0.164. The zero-order valence-electron chi connectivity index (χ0n) is 12.1. The summed E-state index contributed by atoms with van der Waals surface area (Å²) < 4.78 is 5.64. The Bertz CT molecular complexity index is 254. The molecule has 4 nitrogen and oxygen atoms in total. The summed E-state index contributed by atoms with van der Waals surface area (Å²) in [7, 11) is 5.89. The van der Waals surface area contributed by atoms with Gasteiger partial charge in [0.15, 0.2) is 5.88 Å². The van der Waals surface area contributed by atoms with E-state index in [4.69, 9.17) is 4.74 Å². The molecule has 1 N–H and O–H groups in total. The first-order valence-corrected chi connectivity index (χ1v) is 5.96. The minimum atomic E-state index is -0.223. The predicted molar refractivity (Wildman–Crippen MR) is 74.5 cm³/mol. The van der Waals surface area contributed by atoms with Crippen molar-refractivity contribution in [1.82, 2.24) is 10.2 Å². The summed E-state index contributed by atoms with van der Waals surface area (Å²) in [5.74, 6) is 0.598. The van der Waals surface area contributed by atoms with E-state index in [1.54, 1.807) is 7.05 Å². The van der Waals surface area contributed by atoms with E-state index in [1.807, 2.05) is 27.0 Å². The van der Waals surface area contributed by atoms with Gasteiger partial charge < -0.3 is 15.0 Å². The monoisotopic (exact) mass is 241 g/mol. The Labute approximate surface area is 106 Å². The van der Waals surface area contributed by atoms with E-state index in [2.05, 4.69) is 35.9 Å². The van der Waals surface area contributed by atoms with E-state index in [-0.39, 0.29) is 11.6 Å². The average molecular weight is 241 g/mol. The van der Waals surface area contributed by atoms with Crippen molar-refractivity contribution in [3.05, 3.63) is 12.5 Å². The zero-order valence-corrected chi connectivity index (χ0v) is 12.1. The number of nitrogens with one attached hydrogen (secondary N) is 1. The fourth-order valence-electron chi connectivity index (χ4n) is 1.37. The van der Waals surface area contributed by atoms with E-state index in [0.29, 0.717) is 5.88 Å². The van der Waals surface area contributed by atoms with Crippen LogP contribution in [0, 0.1) is 0 Å². The number of ether oxygens (including phenoxy) is 1. The predicted octanol–water partition coefficient (Wildman–Crippen LogP) is 1.88. The van der Waals surface area contributed by atoms with Crippen LogP contribution in [0.15, 0.2) is 17.5 Å². The van der Waals surface area contributed by atoms with Gasteiger partial charge in [0.1, 0.15) is 5.60 Å². The highest BCUT2D eigenvalue weighted by molar-refractivity contribution is 5.64. The Hall–Kier alpha value is -1.03. The van der Waals surface area contributed by atoms with Crippen molar-refractivity contribution in [3.8, 4) is 0 Å². The van der Waals surface area contributed by atoms with Crippen LogP contribution in [0.25, 0.3) is 0 Å². The lowest BCUT2D eigenvalue weighted by molar-refractivity contribution is 0.0400. The molecule has 0 aromatic carbocycles. The molecule has 0 aromatic rings. The lowest BCUT2D eigenvalue weighted by Gasteiger charge is -2.26. The standard InChI is InChI=1S/C13H27N3O/c1-11(17-13(2,3)4)15-12(10-14-5)8-9-16(6)7/h10,12,15H,1,8-9H2,2-7H3. The molecule has 1 unspecified atom stereocenters. The Balaban J connectivity index is 4.20. The van der Waals surface area contributed by atoms with Crippen molar-refractivity contribution in [2.45, 2.75) is 38.8 Å². The molecule has 0 aliphatic carbocycles. The molecule has 1 atom stereocenters. The van der Waals surface area contributed by atoms with Gasteiger partial charge in [-0.2, -0.15) is 0 Å². The van der Waals surface area contributed by atoms with E-state index < -0.39 is 0 Å². The van der Waals surface area contributed by atoms with Gasteiger partial charge >= 0.3 is 0 Å². The van der Waals surface area contributed by atoms with E-state index in [1.165, 1.54) is 0 Å². The maximum Gasteiger partial charge on any atom is 0.180 e. The van der Waals surface area contributed by atoms with Gasteiger partial charge in [0.25, 0.3) is 0 Å². The van der Waals surface area contributed by atoms with Crippen molar-refractivity contribution in [2.24, 2.45) is 4.99 Å². The van der Waals surface area contributed by atoms with Gasteiger partial charge in [0, 0.05) is 13.3 Å². The van der Waals surface area contributed by atoms with Crippen LogP contribution in [0.4, 0.5) is 0 Å². The highest BCUT2D eigenvalue weighted by Crippen LogP contribution is 2.11. The van der Waals surface area contributed by atoms with Gasteiger partial charge in [0.2, 0.25) is 0 Å². The zero-order chi connectivity index (χ0) is 13.5. The molecule has 0 radical (unpaired) electrons. The van der Waals surface area contributed by atoms with Crippen LogP contribution in [0.3, 0.4) is 0 Å². The normalized spacial score (nSPS) is 14.1. The second-order valence-electron chi connectivity index (χ2n) is 5.39. The van der Waals surface area contributed by atoms with E-state index >= 15 is 0 Å². The Morgan fingerprint density at radius 2 is 2.06 bits per heavy atom. The number of nitrogens with zero attached hydrogens (tertiary/aromatic N) is 2. The maximum atomic E-state index is 5.64. The lowest BCUT2D eigenvalue weighted by Crippen LogP contribution is -2.35. The summed E-state index contributed by atoms with van der Waals surface area (Å²) >= 11 is 0. The quantitative estimate of drug-likeness (QED) is 0.546. The summed E-state index contributed by atoms with van der Waals surface area (Å²) in [5, 5.41) is 3.24. The molecule has 0 bridgehead atoms. The van der Waals surface area contributed by atoms with Gasteiger partial charge in [-0.05, 0) is 54.4 Å². The Morgan fingerprint density at radius 3 is 2.47 bits per heavy atom. The van der Waals surface area contributed by atoms with Crippen molar-refractivity contribution >= 4 is 6.21 Å². The van der Waals surface area contributed by atoms with Gasteiger partial charge in [0.05, 0.1) is 6.04 Å². The summed E-state index contributed by atoms with van der Waals surface area (Å²) in [6.45, 7) is 10.9. The maximum absolute atomic E-state index is 5.64. The highest BCUT2D eigenvalue weighted by Gasteiger charge is 2.14. The smallest absolute Gasteiger partial charge is 0.180 e. The Morgan fingerprint density at radius 1 is 1.47 bits per heavy atom. The number of rotatable bonds is 7. The third-order valence-electron chi connectivity index (χ3n) is 1.99. The average Bonchev–Trinajstić information content (AvgIpc) is 2.11.